The van der Waals surface area contributed by atoms with Crippen LogP contribution in [0, 0.1) is 5.82 Å². The third kappa shape index (κ3) is 2.07. The van der Waals surface area contributed by atoms with Gasteiger partial charge in [0.05, 0.1) is 4.47 Å². The van der Waals surface area contributed by atoms with Crippen LogP contribution >= 0.6 is 15.9 Å². The fourth-order valence-corrected chi connectivity index (χ4v) is 1.48. The molecule has 13 heavy (non-hydrogen) atoms. The van der Waals surface area contributed by atoms with Crippen LogP contribution in [0.2, 0.25) is 0 Å². The second-order valence-electron chi connectivity index (χ2n) is 2.85. The van der Waals surface area contributed by atoms with Crippen molar-refractivity contribution in [1.29, 1.82) is 0 Å². The van der Waals surface area contributed by atoms with Gasteiger partial charge in [-0.05, 0) is 40.5 Å². The zero-order valence-electron chi connectivity index (χ0n) is 7.40. The van der Waals surface area contributed by atoms with E-state index in [4.69, 9.17) is 0 Å². The van der Waals surface area contributed by atoms with E-state index in [0.717, 1.165) is 11.1 Å². The summed E-state index contributed by atoms with van der Waals surface area (Å²) in [5, 5.41) is 0. The number of allylic oxidation sites excluding steroid dienone is 1. The summed E-state index contributed by atoms with van der Waals surface area (Å²) in [4.78, 5) is 0. The van der Waals surface area contributed by atoms with Crippen LogP contribution in [0.25, 0.3) is 11.6 Å². The topological polar surface area (TPSA) is 0 Å². The van der Waals surface area contributed by atoms with Crippen molar-refractivity contribution in [3.8, 4) is 0 Å². The molecule has 0 fully saturated rings. The van der Waals surface area contributed by atoms with Gasteiger partial charge in [-0.1, -0.05) is 24.8 Å². The van der Waals surface area contributed by atoms with Crippen LogP contribution in [-0.2, 0) is 0 Å². The van der Waals surface area contributed by atoms with E-state index in [1.807, 2.05) is 6.92 Å². The van der Waals surface area contributed by atoms with Gasteiger partial charge in [-0.2, -0.15) is 0 Å². The van der Waals surface area contributed by atoms with Gasteiger partial charge >= 0.3 is 0 Å². The molecule has 0 spiro atoms. The zero-order valence-corrected chi connectivity index (χ0v) is 8.99. The average molecular weight is 241 g/mol. The predicted octanol–water partition coefficient (Wildman–Crippen LogP) is 4.26. The van der Waals surface area contributed by atoms with E-state index in [2.05, 4.69) is 29.1 Å². The summed E-state index contributed by atoms with van der Waals surface area (Å²) in [6, 6.07) is 3.44. The third-order valence-electron chi connectivity index (χ3n) is 1.77. The fourth-order valence-electron chi connectivity index (χ4n) is 1.01. The first-order chi connectivity index (χ1) is 6.06. The Balaban J connectivity index is 3.38. The van der Waals surface area contributed by atoms with Crippen LogP contribution in [0.1, 0.15) is 18.1 Å². The number of benzene rings is 1. The molecule has 1 aromatic rings. The van der Waals surface area contributed by atoms with Gasteiger partial charge in [0, 0.05) is 5.56 Å². The first kappa shape index (κ1) is 10.2. The Morgan fingerprint density at radius 3 is 2.62 bits per heavy atom. The van der Waals surface area contributed by atoms with Crippen molar-refractivity contribution in [3.63, 3.8) is 0 Å². The predicted molar refractivity (Wildman–Crippen MR) is 58.9 cm³/mol. The Kier molecular flexibility index (Phi) is 3.04. The SMILES string of the molecule is C=Cc1cc(C(=C)C)cc(Br)c1F. The van der Waals surface area contributed by atoms with Crippen LogP contribution in [0.4, 0.5) is 4.39 Å². The van der Waals surface area contributed by atoms with E-state index in [1.165, 1.54) is 6.08 Å². The Morgan fingerprint density at radius 1 is 1.54 bits per heavy atom. The maximum Gasteiger partial charge on any atom is 0.144 e. The molecular weight excluding hydrogens is 231 g/mol. The molecule has 0 amide bonds. The van der Waals surface area contributed by atoms with Gasteiger partial charge in [0.2, 0.25) is 0 Å². The minimum Gasteiger partial charge on any atom is -0.205 e. The van der Waals surface area contributed by atoms with Crippen molar-refractivity contribution in [2.75, 3.05) is 0 Å². The number of hydrogen-bond donors (Lipinski definition) is 0. The molecule has 0 aliphatic heterocycles. The molecule has 1 aromatic carbocycles. The van der Waals surface area contributed by atoms with E-state index in [1.54, 1.807) is 12.1 Å². The molecule has 0 bridgehead atoms. The van der Waals surface area contributed by atoms with E-state index in [-0.39, 0.29) is 5.82 Å². The standard InChI is InChI=1S/C11H10BrF/c1-4-8-5-9(7(2)3)6-10(12)11(8)13/h4-6H,1-2H2,3H3. The lowest BCUT2D eigenvalue weighted by Gasteiger charge is -2.05. The second-order valence-corrected chi connectivity index (χ2v) is 3.70. The van der Waals surface area contributed by atoms with Crippen molar-refractivity contribution < 1.29 is 4.39 Å². The molecule has 0 aliphatic rings. The van der Waals surface area contributed by atoms with Crippen molar-refractivity contribution >= 4 is 27.6 Å². The maximum atomic E-state index is 13.3. The Morgan fingerprint density at radius 2 is 2.15 bits per heavy atom. The monoisotopic (exact) mass is 240 g/mol. The first-order valence-electron chi connectivity index (χ1n) is 3.83. The Labute approximate surface area is 85.9 Å². The highest BCUT2D eigenvalue weighted by molar-refractivity contribution is 9.10. The van der Waals surface area contributed by atoms with E-state index in [0.29, 0.717) is 10.0 Å². The molecule has 0 saturated heterocycles. The van der Waals surface area contributed by atoms with E-state index < -0.39 is 0 Å². The quantitative estimate of drug-likeness (QED) is 0.725. The Bertz CT molecular complexity index is 367. The highest BCUT2D eigenvalue weighted by atomic mass is 79.9. The molecule has 68 valence electrons. The summed E-state index contributed by atoms with van der Waals surface area (Å²) < 4.78 is 13.7. The maximum absolute atomic E-state index is 13.3. The molecule has 0 unspecified atom stereocenters. The fraction of sp³-hybridized carbons (Fsp3) is 0.0909. The second kappa shape index (κ2) is 3.88. The van der Waals surface area contributed by atoms with Gasteiger partial charge in [0.1, 0.15) is 5.82 Å². The minimum atomic E-state index is -0.278. The molecule has 0 saturated carbocycles. The van der Waals surface area contributed by atoms with Crippen molar-refractivity contribution in [2.45, 2.75) is 6.92 Å². The van der Waals surface area contributed by atoms with Crippen LogP contribution < -0.4 is 0 Å². The highest BCUT2D eigenvalue weighted by Crippen LogP contribution is 2.25. The number of rotatable bonds is 2. The molecule has 1 rings (SSSR count). The highest BCUT2D eigenvalue weighted by Gasteiger charge is 2.06. The van der Waals surface area contributed by atoms with Gasteiger partial charge in [-0.15, -0.1) is 0 Å². The molecular formula is C11H10BrF. The van der Waals surface area contributed by atoms with Gasteiger partial charge in [0.15, 0.2) is 0 Å². The molecule has 0 heterocycles. The van der Waals surface area contributed by atoms with E-state index in [9.17, 15) is 4.39 Å². The Hall–Kier alpha value is -0.890. The normalized spacial score (nSPS) is 9.77. The zero-order chi connectivity index (χ0) is 10.0. The largest absolute Gasteiger partial charge is 0.205 e. The van der Waals surface area contributed by atoms with Crippen LogP contribution in [0.15, 0.2) is 29.8 Å². The number of halogens is 2. The van der Waals surface area contributed by atoms with Crippen LogP contribution in [-0.4, -0.2) is 0 Å². The van der Waals surface area contributed by atoms with Gasteiger partial charge < -0.3 is 0 Å². The third-order valence-corrected chi connectivity index (χ3v) is 2.35. The minimum absolute atomic E-state index is 0.278. The van der Waals surface area contributed by atoms with Gasteiger partial charge in [0.25, 0.3) is 0 Å². The molecule has 0 aliphatic carbocycles. The molecule has 0 atom stereocenters. The smallest absolute Gasteiger partial charge is 0.144 e. The van der Waals surface area contributed by atoms with Gasteiger partial charge in [-0.3, -0.25) is 0 Å². The lowest BCUT2D eigenvalue weighted by molar-refractivity contribution is 0.618. The molecule has 0 aromatic heterocycles. The summed E-state index contributed by atoms with van der Waals surface area (Å²) in [5.41, 5.74) is 2.32. The molecule has 0 radical (unpaired) electrons. The number of hydrogen-bond acceptors (Lipinski definition) is 0. The molecule has 0 N–H and O–H groups in total. The summed E-state index contributed by atoms with van der Waals surface area (Å²) in [7, 11) is 0. The average Bonchev–Trinajstić information content (AvgIpc) is 2.09. The van der Waals surface area contributed by atoms with Crippen LogP contribution in [0.3, 0.4) is 0 Å². The lowest BCUT2D eigenvalue weighted by Crippen LogP contribution is -1.88. The lowest BCUT2D eigenvalue weighted by atomic mass is 10.1. The summed E-state index contributed by atoms with van der Waals surface area (Å²) in [5.74, 6) is -0.278. The van der Waals surface area contributed by atoms with Gasteiger partial charge in [-0.25, -0.2) is 4.39 Å². The molecule has 0 nitrogen and oxygen atoms in total. The van der Waals surface area contributed by atoms with E-state index >= 15 is 0 Å². The van der Waals surface area contributed by atoms with Crippen molar-refractivity contribution in [1.82, 2.24) is 0 Å². The van der Waals surface area contributed by atoms with Crippen molar-refractivity contribution in [2.24, 2.45) is 0 Å². The first-order valence-corrected chi connectivity index (χ1v) is 4.63. The van der Waals surface area contributed by atoms with Crippen LogP contribution in [0.5, 0.6) is 0 Å². The molecule has 2 heteroatoms. The summed E-state index contributed by atoms with van der Waals surface area (Å²) in [6.45, 7) is 9.22. The summed E-state index contributed by atoms with van der Waals surface area (Å²) >= 11 is 3.14. The van der Waals surface area contributed by atoms with Crippen molar-refractivity contribution in [3.05, 3.63) is 46.7 Å². The summed E-state index contributed by atoms with van der Waals surface area (Å²) in [6.07, 6.45) is 1.49.